The second-order valence-corrected chi connectivity index (χ2v) is 6.58. The number of hydrogen-bond donors (Lipinski definition) is 1. The van der Waals surface area contributed by atoms with E-state index in [1.165, 1.54) is 71.1 Å². The molecule has 1 saturated heterocycles. The SMILES string of the molecule is CCCNC(C)CCCCN1CCC(CC)(CC)C1. The van der Waals surface area contributed by atoms with E-state index in [0.29, 0.717) is 11.5 Å². The monoisotopic (exact) mass is 268 g/mol. The standard InChI is InChI=1S/C17H36N2/c1-5-12-18-16(4)10-8-9-13-19-14-11-17(6-2,7-3)15-19/h16,18H,5-15H2,1-4H3. The number of hydrogen-bond acceptors (Lipinski definition) is 2. The largest absolute Gasteiger partial charge is 0.314 e. The molecular weight excluding hydrogens is 232 g/mol. The molecule has 1 aliphatic heterocycles. The molecule has 1 fully saturated rings. The summed E-state index contributed by atoms with van der Waals surface area (Å²) >= 11 is 0. The van der Waals surface area contributed by atoms with Gasteiger partial charge in [0.2, 0.25) is 0 Å². The molecule has 2 heteroatoms. The molecule has 0 aromatic heterocycles. The molecule has 1 atom stereocenters. The molecule has 1 unspecified atom stereocenters. The van der Waals surface area contributed by atoms with E-state index in [1.54, 1.807) is 0 Å². The van der Waals surface area contributed by atoms with Gasteiger partial charge in [0.25, 0.3) is 0 Å². The smallest absolute Gasteiger partial charge is 0.00387 e. The fourth-order valence-electron chi connectivity index (χ4n) is 3.32. The normalized spacial score (nSPS) is 20.8. The lowest BCUT2D eigenvalue weighted by molar-refractivity contribution is 0.237. The Morgan fingerprint density at radius 1 is 1.16 bits per heavy atom. The van der Waals surface area contributed by atoms with Crippen LogP contribution in [0.5, 0.6) is 0 Å². The molecule has 0 aromatic rings. The van der Waals surface area contributed by atoms with Gasteiger partial charge in [0.15, 0.2) is 0 Å². The zero-order chi connectivity index (χ0) is 14.1. The summed E-state index contributed by atoms with van der Waals surface area (Å²) in [6, 6.07) is 0.698. The minimum absolute atomic E-state index is 0.649. The number of rotatable bonds is 10. The molecule has 0 spiro atoms. The lowest BCUT2D eigenvalue weighted by atomic mass is 9.82. The summed E-state index contributed by atoms with van der Waals surface area (Å²) in [5.74, 6) is 0. The van der Waals surface area contributed by atoms with Gasteiger partial charge in [-0.2, -0.15) is 0 Å². The van der Waals surface area contributed by atoms with E-state index in [1.807, 2.05) is 0 Å². The molecule has 0 radical (unpaired) electrons. The summed E-state index contributed by atoms with van der Waals surface area (Å²) in [5, 5.41) is 3.58. The zero-order valence-electron chi connectivity index (χ0n) is 13.8. The van der Waals surface area contributed by atoms with E-state index >= 15 is 0 Å². The van der Waals surface area contributed by atoms with Crippen molar-refractivity contribution in [2.45, 2.75) is 78.7 Å². The van der Waals surface area contributed by atoms with Gasteiger partial charge < -0.3 is 10.2 Å². The maximum atomic E-state index is 3.58. The van der Waals surface area contributed by atoms with Crippen LogP contribution in [0.25, 0.3) is 0 Å². The van der Waals surface area contributed by atoms with Gasteiger partial charge in [0.1, 0.15) is 0 Å². The van der Waals surface area contributed by atoms with Gasteiger partial charge in [0, 0.05) is 12.6 Å². The minimum Gasteiger partial charge on any atom is -0.314 e. The molecule has 0 amide bonds. The Morgan fingerprint density at radius 3 is 2.47 bits per heavy atom. The van der Waals surface area contributed by atoms with Gasteiger partial charge in [-0.1, -0.05) is 27.2 Å². The summed E-state index contributed by atoms with van der Waals surface area (Å²) in [4.78, 5) is 2.71. The molecule has 1 aliphatic rings. The highest BCUT2D eigenvalue weighted by atomic mass is 15.2. The highest BCUT2D eigenvalue weighted by molar-refractivity contribution is 4.87. The van der Waals surface area contributed by atoms with E-state index in [-0.39, 0.29) is 0 Å². The summed E-state index contributed by atoms with van der Waals surface area (Å²) in [5.41, 5.74) is 0.649. The minimum atomic E-state index is 0.649. The van der Waals surface area contributed by atoms with Gasteiger partial charge in [-0.05, 0) is 70.5 Å². The fraction of sp³-hybridized carbons (Fsp3) is 1.00. The third kappa shape index (κ3) is 5.83. The first-order valence-electron chi connectivity index (χ1n) is 8.61. The summed E-state index contributed by atoms with van der Waals surface area (Å²) in [7, 11) is 0. The van der Waals surface area contributed by atoms with Crippen LogP contribution in [0, 0.1) is 5.41 Å². The van der Waals surface area contributed by atoms with Crippen LogP contribution in [0.3, 0.4) is 0 Å². The van der Waals surface area contributed by atoms with Crippen molar-refractivity contribution in [3.63, 3.8) is 0 Å². The second kappa shape index (κ2) is 8.97. The predicted octanol–water partition coefficient (Wildman–Crippen LogP) is 4.06. The van der Waals surface area contributed by atoms with Crippen LogP contribution in [0.15, 0.2) is 0 Å². The van der Waals surface area contributed by atoms with E-state index in [4.69, 9.17) is 0 Å². The van der Waals surface area contributed by atoms with Crippen molar-refractivity contribution in [1.82, 2.24) is 10.2 Å². The van der Waals surface area contributed by atoms with Crippen LogP contribution in [0.1, 0.15) is 72.6 Å². The third-order valence-electron chi connectivity index (χ3n) is 5.12. The molecule has 114 valence electrons. The van der Waals surface area contributed by atoms with Crippen molar-refractivity contribution >= 4 is 0 Å². The highest BCUT2D eigenvalue weighted by Gasteiger charge is 2.34. The highest BCUT2D eigenvalue weighted by Crippen LogP contribution is 2.36. The van der Waals surface area contributed by atoms with Crippen LogP contribution in [0.2, 0.25) is 0 Å². The fourth-order valence-corrected chi connectivity index (χ4v) is 3.32. The Morgan fingerprint density at radius 2 is 1.89 bits per heavy atom. The Hall–Kier alpha value is -0.0800. The first-order valence-corrected chi connectivity index (χ1v) is 8.61. The average Bonchev–Trinajstić information content (AvgIpc) is 2.85. The zero-order valence-corrected chi connectivity index (χ0v) is 13.8. The average molecular weight is 268 g/mol. The van der Waals surface area contributed by atoms with Gasteiger partial charge in [-0.3, -0.25) is 0 Å². The Bertz CT molecular complexity index is 223. The molecule has 2 nitrogen and oxygen atoms in total. The first-order chi connectivity index (χ1) is 9.15. The third-order valence-corrected chi connectivity index (χ3v) is 5.12. The molecular formula is C17H36N2. The van der Waals surface area contributed by atoms with E-state index in [2.05, 4.69) is 37.9 Å². The maximum Gasteiger partial charge on any atom is 0.00387 e. The molecule has 0 bridgehead atoms. The van der Waals surface area contributed by atoms with Gasteiger partial charge in [-0.25, -0.2) is 0 Å². The van der Waals surface area contributed by atoms with E-state index < -0.39 is 0 Å². The number of unbranched alkanes of at least 4 members (excludes halogenated alkanes) is 1. The Labute approximate surface area is 121 Å². The molecule has 1 N–H and O–H groups in total. The lowest BCUT2D eigenvalue weighted by Gasteiger charge is -2.26. The molecule has 0 aromatic carbocycles. The van der Waals surface area contributed by atoms with Crippen LogP contribution in [-0.2, 0) is 0 Å². The van der Waals surface area contributed by atoms with Gasteiger partial charge in [-0.15, -0.1) is 0 Å². The number of nitrogens with zero attached hydrogens (tertiary/aromatic N) is 1. The van der Waals surface area contributed by atoms with Crippen molar-refractivity contribution < 1.29 is 0 Å². The summed E-state index contributed by atoms with van der Waals surface area (Å²) < 4.78 is 0. The van der Waals surface area contributed by atoms with Crippen molar-refractivity contribution in [2.24, 2.45) is 5.41 Å². The molecule has 0 saturated carbocycles. The topological polar surface area (TPSA) is 15.3 Å². The van der Waals surface area contributed by atoms with E-state index in [0.717, 1.165) is 0 Å². The lowest BCUT2D eigenvalue weighted by Crippen LogP contribution is -2.28. The van der Waals surface area contributed by atoms with E-state index in [9.17, 15) is 0 Å². The maximum absolute atomic E-state index is 3.58. The first kappa shape index (κ1) is 17.0. The van der Waals surface area contributed by atoms with Crippen LogP contribution in [-0.4, -0.2) is 37.1 Å². The van der Waals surface area contributed by atoms with Crippen molar-refractivity contribution in [3.05, 3.63) is 0 Å². The Kier molecular flexibility index (Phi) is 8.01. The van der Waals surface area contributed by atoms with Crippen LogP contribution >= 0.6 is 0 Å². The summed E-state index contributed by atoms with van der Waals surface area (Å²) in [6.07, 6.45) is 9.47. The van der Waals surface area contributed by atoms with Gasteiger partial charge >= 0.3 is 0 Å². The molecule has 0 aliphatic carbocycles. The number of nitrogens with one attached hydrogen (secondary N) is 1. The summed E-state index contributed by atoms with van der Waals surface area (Å²) in [6.45, 7) is 14.5. The molecule has 1 rings (SSSR count). The van der Waals surface area contributed by atoms with Crippen molar-refractivity contribution in [1.29, 1.82) is 0 Å². The molecule has 19 heavy (non-hydrogen) atoms. The van der Waals surface area contributed by atoms with Gasteiger partial charge in [0.05, 0.1) is 0 Å². The Balaban J connectivity index is 2.08. The second-order valence-electron chi connectivity index (χ2n) is 6.58. The van der Waals surface area contributed by atoms with Crippen LogP contribution in [0.4, 0.5) is 0 Å². The van der Waals surface area contributed by atoms with Crippen molar-refractivity contribution in [2.75, 3.05) is 26.2 Å². The predicted molar refractivity (Wildman–Crippen MR) is 85.7 cm³/mol. The number of likely N-dealkylation sites (tertiary alicyclic amines) is 1. The quantitative estimate of drug-likeness (QED) is 0.601. The van der Waals surface area contributed by atoms with Crippen molar-refractivity contribution in [3.8, 4) is 0 Å². The van der Waals surface area contributed by atoms with Crippen LogP contribution < -0.4 is 5.32 Å². The molecule has 1 heterocycles.